The largest absolute Gasteiger partial charge is 0.383 e. The van der Waals surface area contributed by atoms with Crippen molar-refractivity contribution in [3.05, 3.63) is 53.6 Å². The molecule has 1 aromatic heterocycles. The van der Waals surface area contributed by atoms with E-state index in [2.05, 4.69) is 19.8 Å². The summed E-state index contributed by atoms with van der Waals surface area (Å²) in [4.78, 5) is 24.6. The van der Waals surface area contributed by atoms with Crippen LogP contribution in [0.15, 0.2) is 36.4 Å². The fraction of sp³-hybridized carbons (Fsp3) is 0.348. The SMILES string of the molecule is COCCN1CCN(c2ccc(-c3nc(C)nc4ccc(C=O)cc34)cc2F)CC1. The van der Waals surface area contributed by atoms with Crippen molar-refractivity contribution in [1.29, 1.82) is 0 Å². The molecule has 1 fully saturated rings. The summed E-state index contributed by atoms with van der Waals surface area (Å²) in [5.74, 6) is 0.335. The maximum absolute atomic E-state index is 15.1. The second-order valence-corrected chi connectivity index (χ2v) is 7.50. The van der Waals surface area contributed by atoms with Gasteiger partial charge >= 0.3 is 0 Å². The summed E-state index contributed by atoms with van der Waals surface area (Å²) in [6.07, 6.45) is 0.791. The Balaban J connectivity index is 1.62. The van der Waals surface area contributed by atoms with Gasteiger partial charge < -0.3 is 9.64 Å². The van der Waals surface area contributed by atoms with Crippen LogP contribution in [-0.4, -0.2) is 67.6 Å². The number of aromatic nitrogens is 2. The van der Waals surface area contributed by atoms with E-state index in [9.17, 15) is 4.79 Å². The van der Waals surface area contributed by atoms with E-state index < -0.39 is 0 Å². The van der Waals surface area contributed by atoms with Gasteiger partial charge in [0.05, 0.1) is 23.5 Å². The van der Waals surface area contributed by atoms with E-state index in [1.54, 1.807) is 25.3 Å². The number of anilines is 1. The second kappa shape index (κ2) is 8.85. The van der Waals surface area contributed by atoms with E-state index in [-0.39, 0.29) is 5.82 Å². The van der Waals surface area contributed by atoms with Gasteiger partial charge in [0.15, 0.2) is 0 Å². The first-order valence-corrected chi connectivity index (χ1v) is 10.1. The van der Waals surface area contributed by atoms with E-state index in [0.29, 0.717) is 34.9 Å². The molecule has 156 valence electrons. The molecule has 3 aromatic rings. The third-order valence-corrected chi connectivity index (χ3v) is 5.51. The normalized spacial score (nSPS) is 15.0. The Bertz CT molecular complexity index is 1060. The number of carbonyl (C=O) groups is 1. The van der Waals surface area contributed by atoms with Crippen LogP contribution in [-0.2, 0) is 4.74 Å². The third-order valence-electron chi connectivity index (χ3n) is 5.51. The van der Waals surface area contributed by atoms with Gasteiger partial charge in [-0.15, -0.1) is 0 Å². The lowest BCUT2D eigenvalue weighted by atomic mass is 10.0. The maximum Gasteiger partial charge on any atom is 0.150 e. The van der Waals surface area contributed by atoms with Crippen LogP contribution < -0.4 is 4.90 Å². The van der Waals surface area contributed by atoms with Crippen molar-refractivity contribution in [2.45, 2.75) is 6.92 Å². The highest BCUT2D eigenvalue weighted by Crippen LogP contribution is 2.30. The van der Waals surface area contributed by atoms with Crippen LogP contribution in [0.1, 0.15) is 16.2 Å². The smallest absolute Gasteiger partial charge is 0.150 e. The van der Waals surface area contributed by atoms with Crippen LogP contribution >= 0.6 is 0 Å². The van der Waals surface area contributed by atoms with Gasteiger partial charge in [0.2, 0.25) is 0 Å². The minimum atomic E-state index is -0.270. The molecule has 0 saturated carbocycles. The first-order chi connectivity index (χ1) is 14.6. The molecule has 0 atom stereocenters. The average Bonchev–Trinajstić information content (AvgIpc) is 2.77. The van der Waals surface area contributed by atoms with Crippen molar-refractivity contribution in [2.75, 3.05) is 51.3 Å². The standard InChI is InChI=1S/C23H25FN4O2/c1-16-25-21-5-3-17(15-29)13-19(21)23(26-16)18-4-6-22(20(24)14-18)28-9-7-27(8-10-28)11-12-30-2/h3-6,13-15H,7-12H2,1-2H3. The van der Waals surface area contributed by atoms with Gasteiger partial charge in [-0.1, -0.05) is 6.07 Å². The molecule has 0 spiro atoms. The van der Waals surface area contributed by atoms with Gasteiger partial charge in [-0.3, -0.25) is 9.69 Å². The molecule has 0 unspecified atom stereocenters. The first-order valence-electron chi connectivity index (χ1n) is 10.1. The molecule has 4 rings (SSSR count). The first kappa shape index (κ1) is 20.4. The van der Waals surface area contributed by atoms with Gasteiger partial charge in [0.1, 0.15) is 17.9 Å². The predicted molar refractivity (Wildman–Crippen MR) is 116 cm³/mol. The maximum atomic E-state index is 15.1. The summed E-state index contributed by atoms with van der Waals surface area (Å²) in [6, 6.07) is 10.5. The van der Waals surface area contributed by atoms with E-state index in [1.807, 2.05) is 19.1 Å². The molecule has 6 nitrogen and oxygen atoms in total. The molecule has 7 heteroatoms. The molecule has 0 radical (unpaired) electrons. The van der Waals surface area contributed by atoms with Crippen LogP contribution in [0.3, 0.4) is 0 Å². The number of hydrogen-bond donors (Lipinski definition) is 0. The minimum absolute atomic E-state index is 0.270. The molecule has 2 heterocycles. The molecule has 0 aliphatic carbocycles. The molecule has 1 aliphatic rings. The zero-order chi connectivity index (χ0) is 21.1. The van der Waals surface area contributed by atoms with Crippen molar-refractivity contribution >= 4 is 22.9 Å². The summed E-state index contributed by atoms with van der Waals surface area (Å²) >= 11 is 0. The topological polar surface area (TPSA) is 58.6 Å². The molecule has 1 aliphatic heterocycles. The number of methoxy groups -OCH3 is 1. The van der Waals surface area contributed by atoms with E-state index in [0.717, 1.165) is 49.9 Å². The molecule has 0 amide bonds. The van der Waals surface area contributed by atoms with Crippen LogP contribution in [0.5, 0.6) is 0 Å². The molecular weight excluding hydrogens is 383 g/mol. The van der Waals surface area contributed by atoms with Crippen molar-refractivity contribution in [2.24, 2.45) is 0 Å². The fourth-order valence-corrected chi connectivity index (χ4v) is 3.90. The highest BCUT2D eigenvalue weighted by molar-refractivity contribution is 5.95. The molecule has 2 aromatic carbocycles. The van der Waals surface area contributed by atoms with Crippen molar-refractivity contribution in [1.82, 2.24) is 14.9 Å². The Morgan fingerprint density at radius 1 is 1.10 bits per heavy atom. The number of ether oxygens (including phenoxy) is 1. The van der Waals surface area contributed by atoms with Gasteiger partial charge in [-0.25, -0.2) is 14.4 Å². The number of piperazine rings is 1. The zero-order valence-electron chi connectivity index (χ0n) is 17.3. The predicted octanol–water partition coefficient (Wildman–Crippen LogP) is 3.33. The Morgan fingerprint density at radius 2 is 1.90 bits per heavy atom. The number of fused-ring (bicyclic) bond motifs is 1. The molecule has 30 heavy (non-hydrogen) atoms. The highest BCUT2D eigenvalue weighted by atomic mass is 19.1. The average molecular weight is 408 g/mol. The number of aldehydes is 1. The molecular formula is C23H25FN4O2. The summed E-state index contributed by atoms with van der Waals surface area (Å²) in [7, 11) is 1.70. The number of halogens is 1. The molecule has 1 saturated heterocycles. The Morgan fingerprint density at radius 3 is 2.60 bits per heavy atom. The number of carbonyl (C=O) groups excluding carboxylic acids is 1. The Kier molecular flexibility index (Phi) is 6.01. The highest BCUT2D eigenvalue weighted by Gasteiger charge is 2.20. The Labute approximate surface area is 175 Å². The summed E-state index contributed by atoms with van der Waals surface area (Å²) < 4.78 is 20.2. The molecule has 0 N–H and O–H groups in total. The summed E-state index contributed by atoms with van der Waals surface area (Å²) in [5.41, 5.74) is 3.19. The number of hydrogen-bond acceptors (Lipinski definition) is 6. The van der Waals surface area contributed by atoms with E-state index in [1.165, 1.54) is 6.07 Å². The van der Waals surface area contributed by atoms with Crippen LogP contribution in [0.2, 0.25) is 0 Å². The lowest BCUT2D eigenvalue weighted by molar-refractivity contribution is 0.112. The van der Waals surface area contributed by atoms with Crippen molar-refractivity contribution < 1.29 is 13.9 Å². The van der Waals surface area contributed by atoms with Crippen LogP contribution in [0.4, 0.5) is 10.1 Å². The third kappa shape index (κ3) is 4.17. The summed E-state index contributed by atoms with van der Waals surface area (Å²) in [6.45, 7) is 6.74. The van der Waals surface area contributed by atoms with Gasteiger partial charge in [0, 0.05) is 56.3 Å². The Hall–Kier alpha value is -2.90. The molecule has 0 bridgehead atoms. The van der Waals surface area contributed by atoms with Gasteiger partial charge in [-0.05, 0) is 37.3 Å². The van der Waals surface area contributed by atoms with Crippen LogP contribution in [0.25, 0.3) is 22.2 Å². The van der Waals surface area contributed by atoms with E-state index >= 15 is 4.39 Å². The van der Waals surface area contributed by atoms with Crippen LogP contribution in [0, 0.1) is 12.7 Å². The zero-order valence-corrected chi connectivity index (χ0v) is 17.3. The quantitative estimate of drug-likeness (QED) is 0.583. The fourth-order valence-electron chi connectivity index (χ4n) is 3.90. The number of benzene rings is 2. The number of aryl methyl sites for hydroxylation is 1. The number of nitrogens with zero attached hydrogens (tertiary/aromatic N) is 4. The summed E-state index contributed by atoms with van der Waals surface area (Å²) in [5, 5.41) is 0.740. The second-order valence-electron chi connectivity index (χ2n) is 7.50. The van der Waals surface area contributed by atoms with Gasteiger partial charge in [-0.2, -0.15) is 0 Å². The van der Waals surface area contributed by atoms with Gasteiger partial charge in [0.25, 0.3) is 0 Å². The van der Waals surface area contributed by atoms with E-state index in [4.69, 9.17) is 4.74 Å². The van der Waals surface area contributed by atoms with Crippen molar-refractivity contribution in [3.63, 3.8) is 0 Å². The lowest BCUT2D eigenvalue weighted by Crippen LogP contribution is -2.47. The lowest BCUT2D eigenvalue weighted by Gasteiger charge is -2.36. The number of rotatable bonds is 6. The van der Waals surface area contributed by atoms with Crippen molar-refractivity contribution in [3.8, 4) is 11.3 Å². The monoisotopic (exact) mass is 408 g/mol. The minimum Gasteiger partial charge on any atom is -0.383 e.